The molecule has 2 rings (SSSR count). The lowest BCUT2D eigenvalue weighted by atomic mass is 10.1. The zero-order valence-corrected chi connectivity index (χ0v) is 15.0. The minimum Gasteiger partial charge on any atom is -0.507 e. The van der Waals surface area contributed by atoms with Crippen molar-refractivity contribution in [2.75, 3.05) is 6.61 Å². The molecule has 0 radical (unpaired) electrons. The largest absolute Gasteiger partial charge is 0.507 e. The number of hydrogen-bond acceptors (Lipinski definition) is 4. The average molecular weight is 424 g/mol. The van der Waals surface area contributed by atoms with Gasteiger partial charge in [0.05, 0.1) is 6.21 Å². The van der Waals surface area contributed by atoms with Crippen LogP contribution in [0.4, 0.5) is 0 Å². The monoisotopic (exact) mass is 424 g/mol. The van der Waals surface area contributed by atoms with Gasteiger partial charge < -0.3 is 9.84 Å². The number of phenols is 1. The first kappa shape index (κ1) is 17.3. The van der Waals surface area contributed by atoms with Crippen LogP contribution in [0.3, 0.4) is 0 Å². The van der Waals surface area contributed by atoms with E-state index in [1.807, 2.05) is 32.0 Å². The number of aryl methyl sites for hydroxylation is 1. The molecule has 0 aromatic heterocycles. The number of carbonyl (C=O) groups is 1. The fourth-order valence-corrected chi connectivity index (χ4v) is 2.37. The van der Waals surface area contributed by atoms with E-state index < -0.39 is 0 Å². The normalized spacial score (nSPS) is 10.7. The van der Waals surface area contributed by atoms with Crippen molar-refractivity contribution in [3.05, 3.63) is 56.7 Å². The van der Waals surface area contributed by atoms with Crippen molar-refractivity contribution >= 4 is 34.7 Å². The minimum atomic E-state index is -0.368. The van der Waals surface area contributed by atoms with E-state index in [4.69, 9.17) is 4.74 Å². The fraction of sp³-hybridized carbons (Fsp3) is 0.176. The van der Waals surface area contributed by atoms with Gasteiger partial charge in [0.2, 0.25) is 0 Å². The van der Waals surface area contributed by atoms with E-state index in [9.17, 15) is 9.90 Å². The quantitative estimate of drug-likeness (QED) is 0.440. The molecule has 1 amide bonds. The maximum absolute atomic E-state index is 11.7. The molecule has 0 saturated heterocycles. The Morgan fingerprint density at radius 3 is 2.91 bits per heavy atom. The molecule has 0 aliphatic rings. The Morgan fingerprint density at radius 2 is 2.13 bits per heavy atom. The number of benzene rings is 2. The number of ether oxygens (including phenoxy) is 1. The number of hydrazone groups is 1. The molecule has 23 heavy (non-hydrogen) atoms. The summed E-state index contributed by atoms with van der Waals surface area (Å²) in [5, 5.41) is 13.5. The van der Waals surface area contributed by atoms with E-state index >= 15 is 0 Å². The van der Waals surface area contributed by atoms with Crippen LogP contribution in [0.1, 0.15) is 16.7 Å². The summed E-state index contributed by atoms with van der Waals surface area (Å²) in [7, 11) is 0. The van der Waals surface area contributed by atoms with E-state index in [1.165, 1.54) is 6.21 Å². The van der Waals surface area contributed by atoms with Gasteiger partial charge in [0.25, 0.3) is 5.91 Å². The predicted molar refractivity (Wildman–Crippen MR) is 98.0 cm³/mol. The highest BCUT2D eigenvalue weighted by molar-refractivity contribution is 14.1. The van der Waals surface area contributed by atoms with Crippen LogP contribution in [-0.2, 0) is 4.79 Å². The van der Waals surface area contributed by atoms with Crippen LogP contribution in [0, 0.1) is 17.4 Å². The van der Waals surface area contributed by atoms with Gasteiger partial charge >= 0.3 is 0 Å². The van der Waals surface area contributed by atoms with Gasteiger partial charge in [0, 0.05) is 9.13 Å². The third-order valence-electron chi connectivity index (χ3n) is 3.30. The second kappa shape index (κ2) is 7.96. The van der Waals surface area contributed by atoms with Gasteiger partial charge in [-0.3, -0.25) is 4.79 Å². The van der Waals surface area contributed by atoms with E-state index in [0.717, 1.165) is 14.7 Å². The summed E-state index contributed by atoms with van der Waals surface area (Å²) >= 11 is 2.13. The molecule has 0 aliphatic heterocycles. The zero-order valence-electron chi connectivity index (χ0n) is 12.8. The number of hydrogen-bond donors (Lipinski definition) is 2. The Balaban J connectivity index is 1.89. The first-order valence-electron chi connectivity index (χ1n) is 6.97. The molecule has 120 valence electrons. The molecule has 0 bridgehead atoms. The Morgan fingerprint density at radius 1 is 1.35 bits per heavy atom. The third-order valence-corrected chi connectivity index (χ3v) is 3.97. The van der Waals surface area contributed by atoms with Crippen LogP contribution in [-0.4, -0.2) is 23.8 Å². The minimum absolute atomic E-state index is 0.107. The van der Waals surface area contributed by atoms with Crippen molar-refractivity contribution in [2.24, 2.45) is 5.10 Å². The number of nitrogens with one attached hydrogen (secondary N) is 1. The zero-order chi connectivity index (χ0) is 16.8. The summed E-state index contributed by atoms with van der Waals surface area (Å²) in [5.41, 5.74) is 5.02. The van der Waals surface area contributed by atoms with Crippen molar-refractivity contribution in [1.29, 1.82) is 0 Å². The van der Waals surface area contributed by atoms with Crippen molar-refractivity contribution in [1.82, 2.24) is 5.43 Å². The molecule has 0 fully saturated rings. The molecule has 0 saturated carbocycles. The number of aromatic hydroxyl groups is 1. The molecule has 0 heterocycles. The molecule has 0 atom stereocenters. The van der Waals surface area contributed by atoms with E-state index in [1.54, 1.807) is 18.2 Å². The lowest BCUT2D eigenvalue weighted by Crippen LogP contribution is -2.24. The van der Waals surface area contributed by atoms with Gasteiger partial charge in [-0.05, 0) is 71.8 Å². The molecule has 0 unspecified atom stereocenters. The molecule has 2 N–H and O–H groups in total. The third kappa shape index (κ3) is 4.95. The lowest BCUT2D eigenvalue weighted by molar-refractivity contribution is -0.123. The number of carbonyl (C=O) groups excluding carboxylic acids is 1. The number of nitrogens with zero attached hydrogens (tertiary/aromatic N) is 1. The van der Waals surface area contributed by atoms with Gasteiger partial charge in [0.1, 0.15) is 11.5 Å². The predicted octanol–water partition coefficient (Wildman–Crippen LogP) is 3.14. The van der Waals surface area contributed by atoms with Crippen LogP contribution < -0.4 is 10.2 Å². The van der Waals surface area contributed by atoms with E-state index in [0.29, 0.717) is 11.3 Å². The summed E-state index contributed by atoms with van der Waals surface area (Å²) in [5.74, 6) is 0.418. The molecule has 0 spiro atoms. The Hall–Kier alpha value is -2.09. The molecule has 5 nitrogen and oxygen atoms in total. The second-order valence-corrected chi connectivity index (χ2v) is 6.23. The summed E-state index contributed by atoms with van der Waals surface area (Å²) in [4.78, 5) is 11.7. The smallest absolute Gasteiger partial charge is 0.277 e. The first-order chi connectivity index (χ1) is 11.0. The van der Waals surface area contributed by atoms with Crippen LogP contribution in [0.15, 0.2) is 41.5 Å². The van der Waals surface area contributed by atoms with Crippen LogP contribution in [0.2, 0.25) is 0 Å². The summed E-state index contributed by atoms with van der Waals surface area (Å²) < 4.78 is 6.45. The highest BCUT2D eigenvalue weighted by Gasteiger charge is 2.05. The van der Waals surface area contributed by atoms with Crippen molar-refractivity contribution in [3.8, 4) is 11.5 Å². The number of amides is 1. The average Bonchev–Trinajstić information content (AvgIpc) is 2.52. The van der Waals surface area contributed by atoms with Gasteiger partial charge in [-0.25, -0.2) is 5.43 Å². The number of phenolic OH excluding ortho intramolecular Hbond substituents is 1. The Kier molecular flexibility index (Phi) is 5.97. The second-order valence-electron chi connectivity index (χ2n) is 4.98. The Bertz CT molecular complexity index is 745. The highest BCUT2D eigenvalue weighted by atomic mass is 127. The molecule has 0 aliphatic carbocycles. The van der Waals surface area contributed by atoms with Gasteiger partial charge in [0.15, 0.2) is 6.61 Å². The molecule has 2 aromatic rings. The summed E-state index contributed by atoms with van der Waals surface area (Å²) in [6, 6.07) is 10.8. The standard InChI is InChI=1S/C17H17IN2O3/c1-11-4-3-5-16(12(11)2)23-10-17(22)20-19-9-13-8-14(18)6-7-15(13)21/h3-9,21H,10H2,1-2H3,(H,20,22)/b19-9+. The van der Waals surface area contributed by atoms with Crippen molar-refractivity contribution < 1.29 is 14.6 Å². The number of halogens is 1. The highest BCUT2D eigenvalue weighted by Crippen LogP contribution is 2.20. The molecular weight excluding hydrogens is 407 g/mol. The van der Waals surface area contributed by atoms with Gasteiger partial charge in [-0.15, -0.1) is 0 Å². The maximum Gasteiger partial charge on any atom is 0.277 e. The molecular formula is C17H17IN2O3. The topological polar surface area (TPSA) is 70.9 Å². The first-order valence-corrected chi connectivity index (χ1v) is 8.04. The number of rotatable bonds is 5. The molecule has 2 aromatic carbocycles. The lowest BCUT2D eigenvalue weighted by Gasteiger charge is -2.09. The Labute approximate surface area is 148 Å². The SMILES string of the molecule is Cc1cccc(OCC(=O)N/N=C/c2cc(I)ccc2O)c1C. The maximum atomic E-state index is 11.7. The van der Waals surface area contributed by atoms with Gasteiger partial charge in [-0.1, -0.05) is 12.1 Å². The van der Waals surface area contributed by atoms with Crippen LogP contribution >= 0.6 is 22.6 Å². The van der Waals surface area contributed by atoms with E-state index in [2.05, 4.69) is 33.1 Å². The van der Waals surface area contributed by atoms with E-state index in [-0.39, 0.29) is 18.3 Å². The molecule has 6 heteroatoms. The summed E-state index contributed by atoms with van der Waals surface area (Å²) in [6.07, 6.45) is 1.40. The van der Waals surface area contributed by atoms with Crippen LogP contribution in [0.5, 0.6) is 11.5 Å². The van der Waals surface area contributed by atoms with Crippen molar-refractivity contribution in [3.63, 3.8) is 0 Å². The summed E-state index contributed by atoms with van der Waals surface area (Å²) in [6.45, 7) is 3.81. The van der Waals surface area contributed by atoms with Crippen LogP contribution in [0.25, 0.3) is 0 Å². The van der Waals surface area contributed by atoms with Gasteiger partial charge in [-0.2, -0.15) is 5.10 Å². The fourth-order valence-electron chi connectivity index (χ4n) is 1.86. The van der Waals surface area contributed by atoms with Crippen molar-refractivity contribution in [2.45, 2.75) is 13.8 Å².